The Morgan fingerprint density at radius 1 is 1.44 bits per heavy atom. The van der Waals surface area contributed by atoms with E-state index in [0.717, 1.165) is 16.9 Å². The Kier molecular flexibility index (Phi) is 2.65. The van der Waals surface area contributed by atoms with Gasteiger partial charge in [0.2, 0.25) is 0 Å². The van der Waals surface area contributed by atoms with Gasteiger partial charge in [-0.05, 0) is 23.6 Å². The first-order valence-electron chi connectivity index (χ1n) is 4.89. The fourth-order valence-corrected chi connectivity index (χ4v) is 1.60. The Hall–Kier alpha value is -2.21. The minimum Gasteiger partial charge on any atom is -0.497 e. The van der Waals surface area contributed by atoms with E-state index in [-0.39, 0.29) is 0 Å². The number of hydrogen-bond donors (Lipinski definition) is 0. The molecule has 0 saturated carbocycles. The molecule has 3 nitrogen and oxygen atoms in total. The third-order valence-corrected chi connectivity index (χ3v) is 2.35. The number of benzene rings is 1. The first kappa shape index (κ1) is 10.3. The van der Waals surface area contributed by atoms with Gasteiger partial charge in [0.05, 0.1) is 7.11 Å². The highest BCUT2D eigenvalue weighted by Gasteiger charge is 2.08. The molecule has 0 radical (unpaired) electrons. The van der Waals surface area contributed by atoms with Gasteiger partial charge in [-0.15, -0.1) is 6.42 Å². The van der Waals surface area contributed by atoms with Gasteiger partial charge in [-0.1, -0.05) is 12.1 Å². The highest BCUT2D eigenvalue weighted by atomic mass is 16.5. The van der Waals surface area contributed by atoms with Gasteiger partial charge in [0.15, 0.2) is 0 Å². The summed E-state index contributed by atoms with van der Waals surface area (Å²) >= 11 is 0. The third kappa shape index (κ3) is 1.78. The highest BCUT2D eigenvalue weighted by Crippen LogP contribution is 2.25. The summed E-state index contributed by atoms with van der Waals surface area (Å²) in [6.07, 6.45) is 7.32. The van der Waals surface area contributed by atoms with E-state index >= 15 is 0 Å². The van der Waals surface area contributed by atoms with Crippen molar-refractivity contribution >= 4 is 0 Å². The zero-order valence-electron chi connectivity index (χ0n) is 9.27. The lowest BCUT2D eigenvalue weighted by atomic mass is 10.1. The van der Waals surface area contributed by atoms with Crippen LogP contribution in [0.15, 0.2) is 30.5 Å². The third-order valence-electron chi connectivity index (χ3n) is 2.35. The van der Waals surface area contributed by atoms with E-state index in [0.29, 0.717) is 5.69 Å². The van der Waals surface area contributed by atoms with Gasteiger partial charge in [0, 0.05) is 18.8 Å². The molecule has 0 unspecified atom stereocenters. The van der Waals surface area contributed by atoms with Crippen molar-refractivity contribution in [2.75, 3.05) is 7.11 Å². The molecule has 0 aliphatic carbocycles. The van der Waals surface area contributed by atoms with Crippen molar-refractivity contribution in [3.05, 3.63) is 36.2 Å². The number of rotatable bonds is 2. The van der Waals surface area contributed by atoms with Crippen LogP contribution in [0.25, 0.3) is 11.1 Å². The van der Waals surface area contributed by atoms with Crippen LogP contribution in [0.3, 0.4) is 0 Å². The van der Waals surface area contributed by atoms with Crippen LogP contribution in [0.2, 0.25) is 0 Å². The second-order valence-electron chi connectivity index (χ2n) is 3.44. The molecule has 0 aliphatic rings. The molecular weight excluding hydrogens is 200 g/mol. The normalized spacial score (nSPS) is 9.81. The lowest BCUT2D eigenvalue weighted by molar-refractivity contribution is 0.415. The van der Waals surface area contributed by atoms with Crippen LogP contribution >= 0.6 is 0 Å². The Balaban J connectivity index is 2.54. The van der Waals surface area contributed by atoms with Crippen LogP contribution in [0, 0.1) is 12.3 Å². The van der Waals surface area contributed by atoms with E-state index in [1.807, 2.05) is 37.5 Å². The van der Waals surface area contributed by atoms with Gasteiger partial charge in [-0.3, -0.25) is 4.68 Å². The topological polar surface area (TPSA) is 27.1 Å². The Morgan fingerprint density at radius 3 is 2.94 bits per heavy atom. The molecule has 1 aromatic heterocycles. The van der Waals surface area contributed by atoms with Crippen molar-refractivity contribution in [2.45, 2.75) is 0 Å². The lowest BCUT2D eigenvalue weighted by Gasteiger charge is -2.02. The molecule has 0 fully saturated rings. The Bertz CT molecular complexity index is 549. The van der Waals surface area contributed by atoms with E-state index in [2.05, 4.69) is 11.0 Å². The molecule has 80 valence electrons. The van der Waals surface area contributed by atoms with Gasteiger partial charge < -0.3 is 4.74 Å². The molecule has 0 saturated heterocycles. The smallest absolute Gasteiger partial charge is 0.142 e. The highest BCUT2D eigenvalue weighted by molar-refractivity contribution is 5.69. The van der Waals surface area contributed by atoms with Crippen molar-refractivity contribution in [3.63, 3.8) is 0 Å². The average molecular weight is 212 g/mol. The molecule has 0 amide bonds. The molecule has 2 aromatic rings. The van der Waals surface area contributed by atoms with Crippen molar-refractivity contribution in [1.82, 2.24) is 9.78 Å². The van der Waals surface area contributed by atoms with Crippen LogP contribution in [-0.4, -0.2) is 16.9 Å². The number of terminal acetylenes is 1. The standard InChI is InChI=1S/C13H12N2O/c1-4-13-12(9-15(2)14-13)10-6-5-7-11(8-10)16-3/h1,5-9H,2-3H3. The first-order valence-corrected chi connectivity index (χ1v) is 4.89. The summed E-state index contributed by atoms with van der Waals surface area (Å²) in [5.41, 5.74) is 2.61. The largest absolute Gasteiger partial charge is 0.497 e. The van der Waals surface area contributed by atoms with Crippen LogP contribution in [0.4, 0.5) is 0 Å². The number of nitrogens with zero attached hydrogens (tertiary/aromatic N) is 2. The molecule has 16 heavy (non-hydrogen) atoms. The van der Waals surface area contributed by atoms with Crippen molar-refractivity contribution in [2.24, 2.45) is 7.05 Å². The zero-order chi connectivity index (χ0) is 11.5. The van der Waals surface area contributed by atoms with Gasteiger partial charge in [0.1, 0.15) is 11.4 Å². The van der Waals surface area contributed by atoms with Gasteiger partial charge in [-0.25, -0.2) is 0 Å². The molecule has 1 heterocycles. The van der Waals surface area contributed by atoms with E-state index in [4.69, 9.17) is 11.2 Å². The minimum atomic E-state index is 0.649. The predicted octanol–water partition coefficient (Wildman–Crippen LogP) is 2.08. The second-order valence-corrected chi connectivity index (χ2v) is 3.44. The van der Waals surface area contributed by atoms with E-state index in [1.165, 1.54) is 0 Å². The van der Waals surface area contributed by atoms with Gasteiger partial charge in [-0.2, -0.15) is 5.10 Å². The number of hydrogen-bond acceptors (Lipinski definition) is 2. The zero-order valence-corrected chi connectivity index (χ0v) is 9.27. The number of ether oxygens (including phenoxy) is 1. The molecule has 0 atom stereocenters. The summed E-state index contributed by atoms with van der Waals surface area (Å²) in [7, 11) is 3.50. The number of methoxy groups -OCH3 is 1. The number of aryl methyl sites for hydroxylation is 1. The molecule has 0 spiro atoms. The fraction of sp³-hybridized carbons (Fsp3) is 0.154. The van der Waals surface area contributed by atoms with E-state index in [1.54, 1.807) is 11.8 Å². The first-order chi connectivity index (χ1) is 7.74. The van der Waals surface area contributed by atoms with Crippen LogP contribution in [0.5, 0.6) is 5.75 Å². The summed E-state index contributed by atoms with van der Waals surface area (Å²) < 4.78 is 6.89. The van der Waals surface area contributed by atoms with Crippen LogP contribution in [-0.2, 0) is 7.05 Å². The maximum atomic E-state index is 5.41. The maximum Gasteiger partial charge on any atom is 0.142 e. The summed E-state index contributed by atoms with van der Waals surface area (Å²) in [6.45, 7) is 0. The monoisotopic (exact) mass is 212 g/mol. The van der Waals surface area contributed by atoms with Crippen molar-refractivity contribution in [1.29, 1.82) is 0 Å². The van der Waals surface area contributed by atoms with E-state index in [9.17, 15) is 0 Å². The second kappa shape index (κ2) is 4.11. The SMILES string of the molecule is C#Cc1nn(C)cc1-c1cccc(OC)c1. The van der Waals surface area contributed by atoms with Crippen LogP contribution < -0.4 is 4.74 Å². The molecule has 0 N–H and O–H groups in total. The molecule has 2 rings (SSSR count). The molecule has 0 aliphatic heterocycles. The van der Waals surface area contributed by atoms with Crippen LogP contribution in [0.1, 0.15) is 5.69 Å². The summed E-state index contributed by atoms with van der Waals surface area (Å²) in [5.74, 6) is 3.39. The molecule has 0 bridgehead atoms. The average Bonchev–Trinajstić information content (AvgIpc) is 2.70. The van der Waals surface area contributed by atoms with Gasteiger partial charge in [0.25, 0.3) is 0 Å². The lowest BCUT2D eigenvalue weighted by Crippen LogP contribution is -1.86. The quantitative estimate of drug-likeness (QED) is 0.713. The summed E-state index contributed by atoms with van der Waals surface area (Å²) in [5, 5.41) is 4.20. The van der Waals surface area contributed by atoms with Crippen molar-refractivity contribution < 1.29 is 4.74 Å². The maximum absolute atomic E-state index is 5.41. The molecular formula is C13H12N2O. The Labute approximate surface area is 94.7 Å². The molecule has 3 heteroatoms. The van der Waals surface area contributed by atoms with Gasteiger partial charge >= 0.3 is 0 Å². The summed E-state index contributed by atoms with van der Waals surface area (Å²) in [4.78, 5) is 0. The number of aromatic nitrogens is 2. The fourth-order valence-electron chi connectivity index (χ4n) is 1.60. The molecule has 1 aromatic carbocycles. The summed E-state index contributed by atoms with van der Waals surface area (Å²) in [6, 6.07) is 7.76. The predicted molar refractivity (Wildman–Crippen MR) is 63.1 cm³/mol. The van der Waals surface area contributed by atoms with Crippen molar-refractivity contribution in [3.8, 4) is 29.2 Å². The van der Waals surface area contributed by atoms with E-state index < -0.39 is 0 Å². The Morgan fingerprint density at radius 2 is 2.25 bits per heavy atom. The minimum absolute atomic E-state index is 0.649.